The Bertz CT molecular complexity index is 1580. The maximum absolute atomic E-state index is 12.9. The quantitative estimate of drug-likeness (QED) is 0.245. The van der Waals surface area contributed by atoms with E-state index in [1.807, 2.05) is 12.3 Å². The van der Waals surface area contributed by atoms with Crippen LogP contribution in [0, 0.1) is 0 Å². The molecule has 0 aliphatic carbocycles. The van der Waals surface area contributed by atoms with Gasteiger partial charge in [0.25, 0.3) is 0 Å². The Kier molecular flexibility index (Phi) is 6.22. The third kappa shape index (κ3) is 4.99. The Balaban J connectivity index is 1.20. The van der Waals surface area contributed by atoms with Crippen LogP contribution in [0.5, 0.6) is 0 Å². The van der Waals surface area contributed by atoms with Crippen molar-refractivity contribution in [3.05, 3.63) is 98.8 Å². The maximum atomic E-state index is 12.9. The zero-order valence-corrected chi connectivity index (χ0v) is 21.1. The molecule has 0 saturated carbocycles. The number of hydrogen-bond donors (Lipinski definition) is 0. The molecule has 0 saturated heterocycles. The molecule has 0 radical (unpaired) electrons. The number of rotatable bonds is 5. The van der Waals surface area contributed by atoms with E-state index in [1.54, 1.807) is 6.20 Å². The van der Waals surface area contributed by atoms with E-state index in [-0.39, 0.29) is 0 Å². The third-order valence-electron chi connectivity index (χ3n) is 6.60. The van der Waals surface area contributed by atoms with Crippen LogP contribution in [0.3, 0.4) is 0 Å². The van der Waals surface area contributed by atoms with Crippen LogP contribution in [-0.4, -0.2) is 31.0 Å². The largest absolute Gasteiger partial charge is 0.416 e. The standard InChI is InChI=1S/C27H21ClF3N5S/c28-26-33-12-21(37-26)16-36-15-19(22-3-1-2-4-24(22)36)14-35-10-9-23-18(13-35)11-32-25(34-23)17-5-7-20(8-6-17)27(29,30)31/h1-8,11-12,15H,9-10,13-14,16H2. The molecular weight excluding hydrogens is 519 g/mol. The van der Waals surface area contributed by atoms with Crippen molar-refractivity contribution in [2.75, 3.05) is 6.54 Å². The van der Waals surface area contributed by atoms with Crippen molar-refractivity contribution in [1.29, 1.82) is 0 Å². The van der Waals surface area contributed by atoms with Gasteiger partial charge in [-0.3, -0.25) is 4.90 Å². The van der Waals surface area contributed by atoms with Crippen LogP contribution >= 0.6 is 22.9 Å². The summed E-state index contributed by atoms with van der Waals surface area (Å²) in [4.78, 5) is 16.8. The highest BCUT2D eigenvalue weighted by molar-refractivity contribution is 7.15. The van der Waals surface area contributed by atoms with Gasteiger partial charge in [0.1, 0.15) is 0 Å². The van der Waals surface area contributed by atoms with Gasteiger partial charge in [0.05, 0.1) is 17.8 Å². The summed E-state index contributed by atoms with van der Waals surface area (Å²) in [6.45, 7) is 3.05. The van der Waals surface area contributed by atoms with E-state index in [9.17, 15) is 13.2 Å². The maximum Gasteiger partial charge on any atom is 0.416 e. The first-order valence-electron chi connectivity index (χ1n) is 11.8. The molecule has 0 bridgehead atoms. The summed E-state index contributed by atoms with van der Waals surface area (Å²) < 4.78 is 41.4. The molecule has 0 fully saturated rings. The fourth-order valence-corrected chi connectivity index (χ4v) is 5.78. The molecule has 37 heavy (non-hydrogen) atoms. The zero-order chi connectivity index (χ0) is 25.6. The van der Waals surface area contributed by atoms with E-state index >= 15 is 0 Å². The van der Waals surface area contributed by atoms with Gasteiger partial charge >= 0.3 is 6.18 Å². The molecule has 2 aromatic carbocycles. The van der Waals surface area contributed by atoms with Gasteiger partial charge in [0, 0.05) is 71.6 Å². The molecule has 0 unspecified atom stereocenters. The molecule has 10 heteroatoms. The van der Waals surface area contributed by atoms with Crippen molar-refractivity contribution in [1.82, 2.24) is 24.4 Å². The van der Waals surface area contributed by atoms with Gasteiger partial charge in [-0.25, -0.2) is 15.0 Å². The third-order valence-corrected chi connectivity index (χ3v) is 7.70. The predicted molar refractivity (Wildman–Crippen MR) is 138 cm³/mol. The minimum absolute atomic E-state index is 0.451. The number of thiazole rings is 1. The van der Waals surface area contributed by atoms with Crippen LogP contribution < -0.4 is 0 Å². The first kappa shape index (κ1) is 24.1. The molecule has 0 spiro atoms. The number of fused-ring (bicyclic) bond motifs is 2. The topological polar surface area (TPSA) is 46.8 Å². The molecule has 5 nitrogen and oxygen atoms in total. The van der Waals surface area contributed by atoms with Gasteiger partial charge in [-0.2, -0.15) is 13.2 Å². The van der Waals surface area contributed by atoms with Gasteiger partial charge in [-0.15, -0.1) is 11.3 Å². The summed E-state index contributed by atoms with van der Waals surface area (Å²) >= 11 is 7.52. The van der Waals surface area contributed by atoms with Crippen LogP contribution in [-0.2, 0) is 32.2 Å². The highest BCUT2D eigenvalue weighted by atomic mass is 35.5. The SMILES string of the molecule is FC(F)(F)c1ccc(-c2ncc3c(n2)CCN(Cc2cn(Cc4cnc(Cl)s4)c4ccccc24)C3)cc1. The monoisotopic (exact) mass is 539 g/mol. The highest BCUT2D eigenvalue weighted by Gasteiger charge is 2.30. The summed E-state index contributed by atoms with van der Waals surface area (Å²) in [5, 5.41) is 1.22. The van der Waals surface area contributed by atoms with Gasteiger partial charge in [0.2, 0.25) is 0 Å². The van der Waals surface area contributed by atoms with Gasteiger partial charge < -0.3 is 4.57 Å². The minimum Gasteiger partial charge on any atom is -0.342 e. The van der Waals surface area contributed by atoms with E-state index in [4.69, 9.17) is 11.6 Å². The lowest BCUT2D eigenvalue weighted by Crippen LogP contribution is -2.30. The normalized spacial score (nSPS) is 14.3. The molecule has 1 aliphatic heterocycles. The second-order valence-corrected chi connectivity index (χ2v) is 10.8. The second-order valence-electron chi connectivity index (χ2n) is 9.08. The van der Waals surface area contributed by atoms with Crippen LogP contribution in [0.2, 0.25) is 4.47 Å². The molecule has 0 atom stereocenters. The fourth-order valence-electron chi connectivity index (χ4n) is 4.80. The Morgan fingerprint density at radius 2 is 1.78 bits per heavy atom. The average Bonchev–Trinajstić information content (AvgIpc) is 3.46. The van der Waals surface area contributed by atoms with Crippen LogP contribution in [0.1, 0.15) is 27.3 Å². The van der Waals surface area contributed by atoms with Gasteiger partial charge in [0.15, 0.2) is 10.3 Å². The number of benzene rings is 2. The molecular formula is C27H21ClF3N5S. The highest BCUT2D eigenvalue weighted by Crippen LogP contribution is 2.31. The molecule has 4 heterocycles. The van der Waals surface area contributed by atoms with Crippen molar-refractivity contribution in [2.45, 2.75) is 32.2 Å². The zero-order valence-electron chi connectivity index (χ0n) is 19.5. The van der Waals surface area contributed by atoms with E-state index < -0.39 is 11.7 Å². The summed E-state index contributed by atoms with van der Waals surface area (Å²) in [6.07, 6.45) is 2.22. The van der Waals surface area contributed by atoms with Crippen LogP contribution in [0.4, 0.5) is 13.2 Å². The summed E-state index contributed by atoms with van der Waals surface area (Å²) in [7, 11) is 0. The molecule has 1 aliphatic rings. The van der Waals surface area contributed by atoms with E-state index in [1.165, 1.54) is 39.9 Å². The van der Waals surface area contributed by atoms with E-state index in [2.05, 4.69) is 48.8 Å². The predicted octanol–water partition coefficient (Wildman–Crippen LogP) is 6.83. The van der Waals surface area contributed by atoms with Crippen LogP contribution in [0.25, 0.3) is 22.3 Å². The Morgan fingerprint density at radius 1 is 0.973 bits per heavy atom. The second kappa shape index (κ2) is 9.55. The number of hydrogen-bond acceptors (Lipinski definition) is 5. The number of halogens is 4. The smallest absolute Gasteiger partial charge is 0.342 e. The van der Waals surface area contributed by atoms with Gasteiger partial charge in [-0.05, 0) is 23.8 Å². The number of para-hydroxylation sites is 1. The van der Waals surface area contributed by atoms with E-state index in [0.717, 1.165) is 47.8 Å². The average molecular weight is 540 g/mol. The van der Waals surface area contributed by atoms with Gasteiger partial charge in [-0.1, -0.05) is 41.9 Å². The molecule has 6 rings (SSSR count). The van der Waals surface area contributed by atoms with Crippen molar-refractivity contribution >= 4 is 33.8 Å². The summed E-state index contributed by atoms with van der Waals surface area (Å²) in [5.74, 6) is 0.451. The summed E-state index contributed by atoms with van der Waals surface area (Å²) in [6, 6.07) is 13.4. The lowest BCUT2D eigenvalue weighted by atomic mass is 10.1. The Hall–Kier alpha value is -3.27. The van der Waals surface area contributed by atoms with Crippen LogP contribution in [0.15, 0.2) is 67.1 Å². The van der Waals surface area contributed by atoms with E-state index in [0.29, 0.717) is 28.9 Å². The lowest BCUT2D eigenvalue weighted by Gasteiger charge is -2.28. The Labute approximate surface area is 220 Å². The molecule has 188 valence electrons. The van der Waals surface area contributed by atoms with Crippen molar-refractivity contribution in [3.63, 3.8) is 0 Å². The minimum atomic E-state index is -4.36. The molecule has 5 aromatic rings. The molecule has 0 N–H and O–H groups in total. The fraction of sp³-hybridized carbons (Fsp3) is 0.222. The summed E-state index contributed by atoms with van der Waals surface area (Å²) in [5.41, 5.74) is 4.31. The lowest BCUT2D eigenvalue weighted by molar-refractivity contribution is -0.137. The number of alkyl halides is 3. The van der Waals surface area contributed by atoms with Crippen molar-refractivity contribution in [3.8, 4) is 11.4 Å². The first-order valence-corrected chi connectivity index (χ1v) is 12.9. The number of nitrogens with zero attached hydrogens (tertiary/aromatic N) is 5. The Morgan fingerprint density at radius 3 is 2.54 bits per heavy atom. The van der Waals surface area contributed by atoms with Crippen molar-refractivity contribution < 1.29 is 13.2 Å². The molecule has 3 aromatic heterocycles. The van der Waals surface area contributed by atoms with Crippen molar-refractivity contribution in [2.24, 2.45) is 0 Å². The first-order chi connectivity index (χ1) is 17.8. The number of aromatic nitrogens is 4. The molecule has 0 amide bonds.